The quantitative estimate of drug-likeness (QED) is 0.687. The molecule has 0 spiro atoms. The highest BCUT2D eigenvalue weighted by Gasteiger charge is 2.27. The molecule has 0 bridgehead atoms. The fourth-order valence-corrected chi connectivity index (χ4v) is 2.75. The van der Waals surface area contributed by atoms with Crippen molar-refractivity contribution in [2.45, 2.75) is 12.5 Å². The zero-order chi connectivity index (χ0) is 20.8. The van der Waals surface area contributed by atoms with Crippen LogP contribution in [0.25, 0.3) is 0 Å². The number of hydrogen-bond donors (Lipinski definition) is 3. The molecule has 29 heavy (non-hydrogen) atoms. The van der Waals surface area contributed by atoms with Crippen molar-refractivity contribution in [3.8, 4) is 17.2 Å². The van der Waals surface area contributed by atoms with Gasteiger partial charge in [0.05, 0.1) is 33.4 Å². The standard InChI is InChI=1S/C20H22N4O5/c1-27-13-6-4-12(5-7-13)21-20-23-16(11-18(25)24-20)19(26)22-15-10-14(28-2)8-9-17(15)29-3/h4-10,16H,11H2,1-3H3,(H,22,26)(H2,21,23,24,25)/t16-/m0/s1. The summed E-state index contributed by atoms with van der Waals surface area (Å²) in [5, 5.41) is 8.37. The predicted octanol–water partition coefficient (Wildman–Crippen LogP) is 2.01. The van der Waals surface area contributed by atoms with Crippen molar-refractivity contribution in [3.05, 3.63) is 42.5 Å². The number of anilines is 2. The molecule has 3 rings (SSSR count). The number of methoxy groups -OCH3 is 3. The molecule has 1 aliphatic heterocycles. The van der Waals surface area contributed by atoms with Crippen LogP contribution in [0.3, 0.4) is 0 Å². The van der Waals surface area contributed by atoms with Gasteiger partial charge in [-0.2, -0.15) is 0 Å². The third-order valence-electron chi connectivity index (χ3n) is 4.24. The lowest BCUT2D eigenvalue weighted by molar-refractivity contribution is -0.124. The van der Waals surface area contributed by atoms with E-state index in [0.717, 1.165) is 0 Å². The van der Waals surface area contributed by atoms with E-state index >= 15 is 0 Å². The van der Waals surface area contributed by atoms with Gasteiger partial charge in [-0.15, -0.1) is 0 Å². The van der Waals surface area contributed by atoms with Gasteiger partial charge in [0.1, 0.15) is 23.3 Å². The first-order chi connectivity index (χ1) is 14.0. The number of nitrogens with zero attached hydrogens (tertiary/aromatic N) is 1. The van der Waals surface area contributed by atoms with E-state index in [-0.39, 0.29) is 18.3 Å². The minimum Gasteiger partial charge on any atom is -0.497 e. The maximum atomic E-state index is 12.7. The first-order valence-corrected chi connectivity index (χ1v) is 8.84. The second kappa shape index (κ2) is 8.96. The van der Waals surface area contributed by atoms with Crippen molar-refractivity contribution in [1.82, 2.24) is 5.32 Å². The summed E-state index contributed by atoms with van der Waals surface area (Å²) in [5.41, 5.74) is 1.13. The molecule has 0 aromatic heterocycles. The Morgan fingerprint density at radius 1 is 1.03 bits per heavy atom. The van der Waals surface area contributed by atoms with Crippen molar-refractivity contribution in [1.29, 1.82) is 0 Å². The fraction of sp³-hybridized carbons (Fsp3) is 0.250. The molecule has 1 aliphatic rings. The van der Waals surface area contributed by atoms with E-state index in [1.807, 2.05) is 0 Å². The third-order valence-corrected chi connectivity index (χ3v) is 4.24. The van der Waals surface area contributed by atoms with Crippen LogP contribution >= 0.6 is 0 Å². The summed E-state index contributed by atoms with van der Waals surface area (Å²) in [4.78, 5) is 29.1. The number of guanidine groups is 1. The molecule has 0 unspecified atom stereocenters. The Morgan fingerprint density at radius 3 is 2.38 bits per heavy atom. The molecule has 1 heterocycles. The van der Waals surface area contributed by atoms with E-state index in [1.54, 1.807) is 49.6 Å². The molecule has 0 radical (unpaired) electrons. The van der Waals surface area contributed by atoms with Gasteiger partial charge < -0.3 is 24.8 Å². The SMILES string of the molecule is COc1ccc(NC2=N[C@H](C(=O)Nc3cc(OC)ccc3OC)CC(=O)N2)cc1. The molecule has 0 saturated heterocycles. The van der Waals surface area contributed by atoms with Crippen LogP contribution in [0, 0.1) is 0 Å². The van der Waals surface area contributed by atoms with Crippen molar-refractivity contribution in [3.63, 3.8) is 0 Å². The van der Waals surface area contributed by atoms with Crippen molar-refractivity contribution in [2.75, 3.05) is 32.0 Å². The smallest absolute Gasteiger partial charge is 0.249 e. The largest absolute Gasteiger partial charge is 0.497 e. The van der Waals surface area contributed by atoms with Gasteiger partial charge in [0, 0.05) is 11.8 Å². The summed E-state index contributed by atoms with van der Waals surface area (Å²) in [6.45, 7) is 0. The second-order valence-electron chi connectivity index (χ2n) is 6.15. The monoisotopic (exact) mass is 398 g/mol. The molecule has 2 aromatic rings. The minimum absolute atomic E-state index is 0.0636. The van der Waals surface area contributed by atoms with Gasteiger partial charge in [0.25, 0.3) is 0 Å². The maximum absolute atomic E-state index is 12.7. The highest BCUT2D eigenvalue weighted by molar-refractivity contribution is 6.10. The lowest BCUT2D eigenvalue weighted by Gasteiger charge is -2.21. The molecule has 0 saturated carbocycles. The minimum atomic E-state index is -0.889. The van der Waals surface area contributed by atoms with Crippen LogP contribution in [0.1, 0.15) is 6.42 Å². The number of amides is 2. The first-order valence-electron chi connectivity index (χ1n) is 8.84. The highest BCUT2D eigenvalue weighted by Crippen LogP contribution is 2.29. The summed E-state index contributed by atoms with van der Waals surface area (Å²) < 4.78 is 15.6. The normalized spacial score (nSPS) is 15.6. The number of nitrogens with one attached hydrogen (secondary N) is 3. The van der Waals surface area contributed by atoms with Crippen LogP contribution in [0.2, 0.25) is 0 Å². The summed E-state index contributed by atoms with van der Waals surface area (Å²) in [6, 6.07) is 11.2. The summed E-state index contributed by atoms with van der Waals surface area (Å²) in [5.74, 6) is 1.20. The van der Waals surface area contributed by atoms with Crippen LogP contribution in [-0.2, 0) is 9.59 Å². The molecule has 2 amide bonds. The molecule has 0 aliphatic carbocycles. The van der Waals surface area contributed by atoms with Crippen LogP contribution in [0.5, 0.6) is 17.2 Å². The Labute approximate surface area is 168 Å². The second-order valence-corrected chi connectivity index (χ2v) is 6.15. The van der Waals surface area contributed by atoms with Crippen LogP contribution in [-0.4, -0.2) is 45.1 Å². The van der Waals surface area contributed by atoms with E-state index in [0.29, 0.717) is 28.6 Å². The summed E-state index contributed by atoms with van der Waals surface area (Å²) in [7, 11) is 4.61. The van der Waals surface area contributed by atoms with Crippen LogP contribution in [0.15, 0.2) is 47.5 Å². The third kappa shape index (κ3) is 4.95. The van der Waals surface area contributed by atoms with Gasteiger partial charge in [-0.3, -0.25) is 14.9 Å². The molecule has 9 heteroatoms. The highest BCUT2D eigenvalue weighted by atomic mass is 16.5. The predicted molar refractivity (Wildman–Crippen MR) is 109 cm³/mol. The van der Waals surface area contributed by atoms with Crippen molar-refractivity contribution < 1.29 is 23.8 Å². The Balaban J connectivity index is 1.75. The number of carbonyl (C=O) groups excluding carboxylic acids is 2. The number of carbonyl (C=O) groups is 2. The fourth-order valence-electron chi connectivity index (χ4n) is 2.75. The number of hydrogen-bond acceptors (Lipinski definition) is 7. The molecular weight excluding hydrogens is 376 g/mol. The van der Waals surface area contributed by atoms with E-state index in [1.165, 1.54) is 14.2 Å². The summed E-state index contributed by atoms with van der Waals surface area (Å²) >= 11 is 0. The van der Waals surface area contributed by atoms with E-state index in [4.69, 9.17) is 14.2 Å². The van der Waals surface area contributed by atoms with Crippen molar-refractivity contribution >= 4 is 29.1 Å². The number of benzene rings is 2. The molecule has 152 valence electrons. The Hall–Kier alpha value is -3.75. The molecule has 3 N–H and O–H groups in total. The summed E-state index contributed by atoms with van der Waals surface area (Å²) in [6.07, 6.45) is -0.0636. The number of rotatable bonds is 6. The van der Waals surface area contributed by atoms with Crippen LogP contribution in [0.4, 0.5) is 11.4 Å². The zero-order valence-electron chi connectivity index (χ0n) is 16.3. The van der Waals surface area contributed by atoms with E-state index in [2.05, 4.69) is 20.9 Å². The van der Waals surface area contributed by atoms with Gasteiger partial charge in [-0.1, -0.05) is 0 Å². The van der Waals surface area contributed by atoms with E-state index < -0.39 is 11.9 Å². The van der Waals surface area contributed by atoms with Crippen molar-refractivity contribution in [2.24, 2.45) is 4.99 Å². The van der Waals surface area contributed by atoms with E-state index in [9.17, 15) is 9.59 Å². The van der Waals surface area contributed by atoms with Gasteiger partial charge in [-0.25, -0.2) is 4.99 Å². The first kappa shape index (κ1) is 20.0. The Kier molecular flexibility index (Phi) is 6.18. The molecule has 1 atom stereocenters. The average molecular weight is 398 g/mol. The Morgan fingerprint density at radius 2 is 1.72 bits per heavy atom. The molecule has 2 aromatic carbocycles. The lowest BCUT2D eigenvalue weighted by atomic mass is 10.1. The van der Waals surface area contributed by atoms with Gasteiger partial charge in [0.2, 0.25) is 17.8 Å². The van der Waals surface area contributed by atoms with Gasteiger partial charge >= 0.3 is 0 Å². The molecular formula is C20H22N4O5. The topological polar surface area (TPSA) is 110 Å². The lowest BCUT2D eigenvalue weighted by Crippen LogP contribution is -2.45. The Bertz CT molecular complexity index is 927. The zero-order valence-corrected chi connectivity index (χ0v) is 16.3. The maximum Gasteiger partial charge on any atom is 0.249 e. The van der Waals surface area contributed by atoms with Gasteiger partial charge in [-0.05, 0) is 36.4 Å². The number of ether oxygens (including phenoxy) is 3. The molecule has 9 nitrogen and oxygen atoms in total. The van der Waals surface area contributed by atoms with Gasteiger partial charge in [0.15, 0.2) is 0 Å². The van der Waals surface area contributed by atoms with Crippen LogP contribution < -0.4 is 30.2 Å². The number of aliphatic imine (C=N–C) groups is 1. The molecule has 0 fully saturated rings. The average Bonchev–Trinajstić information content (AvgIpc) is 2.73.